The van der Waals surface area contributed by atoms with Gasteiger partial charge in [0.2, 0.25) is 5.91 Å². The molecule has 0 saturated carbocycles. The fraction of sp³-hybridized carbons (Fsp3) is 0.625. The predicted molar refractivity (Wildman–Crippen MR) is 87.0 cm³/mol. The largest absolute Gasteiger partial charge is 0.353 e. The van der Waals surface area contributed by atoms with Crippen LogP contribution in [0.4, 0.5) is 0 Å². The number of thiophene rings is 1. The maximum atomic E-state index is 12.3. The van der Waals surface area contributed by atoms with Gasteiger partial charge in [0, 0.05) is 36.5 Å². The molecule has 2 amide bonds. The van der Waals surface area contributed by atoms with Crippen molar-refractivity contribution in [2.24, 2.45) is 5.41 Å². The lowest BCUT2D eigenvalue weighted by Crippen LogP contribution is -2.59. The molecule has 2 fully saturated rings. The van der Waals surface area contributed by atoms with Crippen LogP contribution in [0.15, 0.2) is 16.8 Å². The van der Waals surface area contributed by atoms with Gasteiger partial charge in [-0.3, -0.25) is 14.5 Å². The van der Waals surface area contributed by atoms with Crippen LogP contribution in [0.5, 0.6) is 0 Å². The third-order valence-corrected chi connectivity index (χ3v) is 5.27. The molecular formula is C16H23N3O2S. The fourth-order valence-corrected chi connectivity index (χ4v) is 4.28. The number of carbonyl (C=O) groups is 2. The molecule has 1 unspecified atom stereocenters. The number of nitrogens with one attached hydrogen (secondary N) is 1. The van der Waals surface area contributed by atoms with Crippen LogP contribution in [0.3, 0.4) is 0 Å². The van der Waals surface area contributed by atoms with Crippen molar-refractivity contribution in [3.8, 4) is 0 Å². The van der Waals surface area contributed by atoms with Crippen molar-refractivity contribution in [2.45, 2.75) is 32.4 Å². The van der Waals surface area contributed by atoms with E-state index in [1.54, 1.807) is 11.3 Å². The SMILES string of the molecule is CC(C)NC(=O)C1CC2(CN(C(=O)c3ccsc3)C2)CN1C. The number of rotatable bonds is 3. The number of amides is 2. The molecule has 0 aromatic carbocycles. The van der Waals surface area contributed by atoms with E-state index in [4.69, 9.17) is 0 Å². The molecule has 0 radical (unpaired) electrons. The molecule has 5 nitrogen and oxygen atoms in total. The zero-order chi connectivity index (χ0) is 15.9. The summed E-state index contributed by atoms with van der Waals surface area (Å²) in [5.41, 5.74) is 0.875. The van der Waals surface area contributed by atoms with Crippen molar-refractivity contribution in [3.05, 3.63) is 22.4 Å². The number of hydrogen-bond acceptors (Lipinski definition) is 4. The highest BCUT2D eigenvalue weighted by molar-refractivity contribution is 7.08. The molecule has 2 saturated heterocycles. The average Bonchev–Trinajstić information content (AvgIpc) is 3.02. The zero-order valence-corrected chi connectivity index (χ0v) is 14.2. The molecule has 1 atom stereocenters. The molecule has 0 bridgehead atoms. The Morgan fingerprint density at radius 3 is 2.68 bits per heavy atom. The van der Waals surface area contributed by atoms with E-state index in [0.717, 1.165) is 31.6 Å². The van der Waals surface area contributed by atoms with Gasteiger partial charge < -0.3 is 10.2 Å². The Bertz CT molecular complexity index is 564. The Hall–Kier alpha value is -1.40. The second-order valence-electron chi connectivity index (χ2n) is 6.97. The van der Waals surface area contributed by atoms with Crippen LogP contribution in [0, 0.1) is 5.41 Å². The normalized spacial score (nSPS) is 23.8. The first-order chi connectivity index (χ1) is 10.4. The van der Waals surface area contributed by atoms with Gasteiger partial charge in [-0.2, -0.15) is 11.3 Å². The lowest BCUT2D eigenvalue weighted by molar-refractivity contribution is -0.125. The number of carbonyl (C=O) groups excluding carboxylic acids is 2. The second kappa shape index (κ2) is 5.66. The lowest BCUT2D eigenvalue weighted by atomic mass is 9.77. The van der Waals surface area contributed by atoms with E-state index < -0.39 is 0 Å². The summed E-state index contributed by atoms with van der Waals surface area (Å²) in [4.78, 5) is 28.6. The Morgan fingerprint density at radius 2 is 2.09 bits per heavy atom. The molecule has 3 rings (SSSR count). The van der Waals surface area contributed by atoms with Crippen molar-refractivity contribution >= 4 is 23.2 Å². The number of likely N-dealkylation sites (tertiary alicyclic amines) is 2. The van der Waals surface area contributed by atoms with Crippen LogP contribution in [0.1, 0.15) is 30.6 Å². The van der Waals surface area contributed by atoms with Crippen molar-refractivity contribution in [1.82, 2.24) is 15.1 Å². The molecule has 6 heteroatoms. The van der Waals surface area contributed by atoms with E-state index in [-0.39, 0.29) is 29.3 Å². The Morgan fingerprint density at radius 1 is 1.36 bits per heavy atom. The number of nitrogens with zero attached hydrogens (tertiary/aromatic N) is 2. The van der Waals surface area contributed by atoms with Gasteiger partial charge in [0.25, 0.3) is 5.91 Å². The maximum absolute atomic E-state index is 12.3. The van der Waals surface area contributed by atoms with E-state index in [1.807, 2.05) is 42.6 Å². The van der Waals surface area contributed by atoms with Gasteiger partial charge in [0.1, 0.15) is 0 Å². The van der Waals surface area contributed by atoms with Crippen LogP contribution in [-0.2, 0) is 4.79 Å². The summed E-state index contributed by atoms with van der Waals surface area (Å²) >= 11 is 1.55. The second-order valence-corrected chi connectivity index (χ2v) is 7.75. The molecule has 120 valence electrons. The summed E-state index contributed by atoms with van der Waals surface area (Å²) in [6.07, 6.45) is 0.843. The highest BCUT2D eigenvalue weighted by atomic mass is 32.1. The minimum absolute atomic E-state index is 0.0687. The summed E-state index contributed by atoms with van der Waals surface area (Å²) in [6.45, 7) is 6.37. The summed E-state index contributed by atoms with van der Waals surface area (Å²) in [7, 11) is 2.00. The first-order valence-electron chi connectivity index (χ1n) is 7.72. The van der Waals surface area contributed by atoms with Crippen LogP contribution in [0.25, 0.3) is 0 Å². The van der Waals surface area contributed by atoms with Gasteiger partial charge >= 0.3 is 0 Å². The Kier molecular flexibility index (Phi) is 3.99. The van der Waals surface area contributed by atoms with E-state index in [1.165, 1.54) is 0 Å². The highest BCUT2D eigenvalue weighted by Gasteiger charge is 2.53. The van der Waals surface area contributed by atoms with Crippen LogP contribution >= 0.6 is 11.3 Å². The van der Waals surface area contributed by atoms with Gasteiger partial charge in [-0.05, 0) is 38.8 Å². The molecule has 1 aromatic rings. The predicted octanol–water partition coefficient (Wildman–Crippen LogP) is 1.42. The molecule has 0 aliphatic carbocycles. The fourth-order valence-electron chi connectivity index (χ4n) is 3.65. The Labute approximate surface area is 135 Å². The number of hydrogen-bond donors (Lipinski definition) is 1. The molecule has 1 aromatic heterocycles. The van der Waals surface area contributed by atoms with Crippen molar-refractivity contribution < 1.29 is 9.59 Å². The molecular weight excluding hydrogens is 298 g/mol. The summed E-state index contributed by atoms with van der Waals surface area (Å²) in [5, 5.41) is 6.82. The van der Waals surface area contributed by atoms with Crippen molar-refractivity contribution in [2.75, 3.05) is 26.7 Å². The molecule has 2 aliphatic heterocycles. The third kappa shape index (κ3) is 2.77. The van der Waals surface area contributed by atoms with Gasteiger partial charge in [0.15, 0.2) is 0 Å². The van der Waals surface area contributed by atoms with E-state index in [9.17, 15) is 9.59 Å². The standard InChI is InChI=1S/C16H23N3O2S/c1-11(2)17-14(20)13-6-16(8-18(13)3)9-19(10-16)15(21)12-4-5-22-7-12/h4-5,7,11,13H,6,8-10H2,1-3H3,(H,17,20). The number of likely N-dealkylation sites (N-methyl/N-ethyl adjacent to an activating group) is 1. The third-order valence-electron chi connectivity index (χ3n) is 4.58. The molecule has 3 heterocycles. The van der Waals surface area contributed by atoms with E-state index in [0.29, 0.717) is 0 Å². The topological polar surface area (TPSA) is 52.7 Å². The molecule has 1 N–H and O–H groups in total. The maximum Gasteiger partial charge on any atom is 0.254 e. The van der Waals surface area contributed by atoms with Crippen molar-refractivity contribution in [1.29, 1.82) is 0 Å². The van der Waals surface area contributed by atoms with Crippen LogP contribution in [-0.4, -0.2) is 60.4 Å². The van der Waals surface area contributed by atoms with Crippen molar-refractivity contribution in [3.63, 3.8) is 0 Å². The lowest BCUT2D eigenvalue weighted by Gasteiger charge is -2.48. The molecule has 22 heavy (non-hydrogen) atoms. The molecule has 1 spiro atoms. The average molecular weight is 321 g/mol. The zero-order valence-electron chi connectivity index (χ0n) is 13.3. The van der Waals surface area contributed by atoms with Crippen LogP contribution < -0.4 is 5.32 Å². The summed E-state index contributed by atoms with van der Waals surface area (Å²) in [6, 6.07) is 1.97. The van der Waals surface area contributed by atoms with E-state index in [2.05, 4.69) is 10.2 Å². The smallest absolute Gasteiger partial charge is 0.254 e. The first-order valence-corrected chi connectivity index (χ1v) is 8.67. The van der Waals surface area contributed by atoms with Crippen LogP contribution in [0.2, 0.25) is 0 Å². The van der Waals surface area contributed by atoms with Gasteiger partial charge in [0.05, 0.1) is 11.6 Å². The van der Waals surface area contributed by atoms with Gasteiger partial charge in [-0.1, -0.05) is 0 Å². The summed E-state index contributed by atoms with van der Waals surface area (Å²) in [5.74, 6) is 0.224. The van der Waals surface area contributed by atoms with Gasteiger partial charge in [-0.25, -0.2) is 0 Å². The minimum Gasteiger partial charge on any atom is -0.353 e. The first kappa shape index (κ1) is 15.5. The van der Waals surface area contributed by atoms with Gasteiger partial charge in [-0.15, -0.1) is 0 Å². The monoisotopic (exact) mass is 321 g/mol. The summed E-state index contributed by atoms with van der Waals surface area (Å²) < 4.78 is 0. The van der Waals surface area contributed by atoms with E-state index >= 15 is 0 Å². The Balaban J connectivity index is 1.59. The quantitative estimate of drug-likeness (QED) is 0.916. The highest BCUT2D eigenvalue weighted by Crippen LogP contribution is 2.42. The molecule has 2 aliphatic rings. The minimum atomic E-state index is -0.0687.